The van der Waals surface area contributed by atoms with Gasteiger partial charge in [0.25, 0.3) is 0 Å². The number of rotatable bonds is 1. The summed E-state index contributed by atoms with van der Waals surface area (Å²) in [6.07, 6.45) is 7.43. The van der Waals surface area contributed by atoms with Crippen LogP contribution in [0.15, 0.2) is 60.8 Å². The Morgan fingerprint density at radius 3 is 2.31 bits per heavy atom. The molecule has 2 heteroatoms. The molecule has 0 atom stereocenters. The highest BCUT2D eigenvalue weighted by molar-refractivity contribution is 6.16. The van der Waals surface area contributed by atoms with Gasteiger partial charge in [-0.1, -0.05) is 56.3 Å². The van der Waals surface area contributed by atoms with E-state index < -0.39 is 0 Å². The molecule has 1 fully saturated rings. The quantitative estimate of drug-likeness (QED) is 0.172. The predicted octanol–water partition coefficient (Wildman–Crippen LogP) is 9.04. The second-order valence-electron chi connectivity index (χ2n) is 12.0. The van der Waals surface area contributed by atoms with E-state index >= 15 is 0 Å². The Hall–Kier alpha value is -3.39. The number of aromatic nitrogens is 1. The lowest BCUT2D eigenvalue weighted by molar-refractivity contribution is -0.659. The van der Waals surface area contributed by atoms with Crippen molar-refractivity contribution in [1.82, 2.24) is 0 Å². The minimum absolute atomic E-state index is 0.487. The van der Waals surface area contributed by atoms with Gasteiger partial charge in [-0.2, -0.15) is 0 Å². The van der Waals surface area contributed by atoms with Gasteiger partial charge in [-0.05, 0) is 89.6 Å². The molecule has 0 amide bonds. The molecule has 0 bridgehead atoms. The number of nitrogens with zero attached hydrogens (tertiary/aromatic N) is 1. The van der Waals surface area contributed by atoms with Crippen LogP contribution in [0.1, 0.15) is 62.1 Å². The Labute approximate surface area is 213 Å². The standard InChI is InChI=1S/C34H34NO/c1-20-25-8-6-7-9-26(25)21(2)33-30(20)32-31-27(14-17-35(32)5)28-18-23(10-11-24(28)19-29(31)36-33)22-12-15-34(3,4)16-13-22/h6-11,14,17-19,22H,12-13,15-16H2,1-5H3/q+1. The van der Waals surface area contributed by atoms with E-state index in [1.54, 1.807) is 0 Å². The van der Waals surface area contributed by atoms with Crippen LogP contribution >= 0.6 is 0 Å². The van der Waals surface area contributed by atoms with Crippen molar-refractivity contribution in [3.63, 3.8) is 0 Å². The molecule has 36 heavy (non-hydrogen) atoms. The summed E-state index contributed by atoms with van der Waals surface area (Å²) in [7, 11) is 2.17. The Morgan fingerprint density at radius 1 is 0.833 bits per heavy atom. The fourth-order valence-electron chi connectivity index (χ4n) is 6.91. The van der Waals surface area contributed by atoms with Gasteiger partial charge in [-0.25, -0.2) is 4.57 Å². The largest absolute Gasteiger partial charge is 0.455 e. The second kappa shape index (κ2) is 7.56. The predicted molar refractivity (Wildman–Crippen MR) is 150 cm³/mol. The van der Waals surface area contributed by atoms with Crippen LogP contribution in [-0.2, 0) is 7.05 Å². The molecular weight excluding hydrogens is 438 g/mol. The normalized spacial score (nSPS) is 16.9. The molecule has 2 nitrogen and oxygen atoms in total. The first-order valence-corrected chi connectivity index (χ1v) is 13.4. The van der Waals surface area contributed by atoms with Crippen LogP contribution in [0.3, 0.4) is 0 Å². The highest BCUT2D eigenvalue weighted by Gasteiger charge is 2.33. The number of hydrogen-bond donors (Lipinski definition) is 0. The van der Waals surface area contributed by atoms with Crippen molar-refractivity contribution in [3.05, 3.63) is 77.5 Å². The van der Waals surface area contributed by atoms with Gasteiger partial charge in [0.15, 0.2) is 6.20 Å². The third kappa shape index (κ3) is 3.06. The molecule has 7 rings (SSSR count). The first-order chi connectivity index (χ1) is 17.3. The fraction of sp³-hybridized carbons (Fsp3) is 0.324. The highest BCUT2D eigenvalue weighted by atomic mass is 16.5. The SMILES string of the molecule is Cc1c2c(c(C)c3ccccc13)-c1c3c(cc4ccc(C5CCC(C)(C)CC5)cc4c3cc[n+]1C)O2. The number of ether oxygens (including phenoxy) is 1. The molecule has 0 unspecified atom stereocenters. The molecule has 2 heterocycles. The molecule has 1 aromatic heterocycles. The average Bonchev–Trinajstić information content (AvgIpc) is 2.88. The molecule has 1 aliphatic heterocycles. The summed E-state index contributed by atoms with van der Waals surface area (Å²) < 4.78 is 9.07. The molecule has 0 spiro atoms. The van der Waals surface area contributed by atoms with Crippen LogP contribution in [-0.4, -0.2) is 0 Å². The van der Waals surface area contributed by atoms with Crippen molar-refractivity contribution in [2.75, 3.05) is 0 Å². The van der Waals surface area contributed by atoms with Gasteiger partial charge in [0.2, 0.25) is 5.69 Å². The maximum absolute atomic E-state index is 6.79. The van der Waals surface area contributed by atoms with Crippen molar-refractivity contribution in [2.45, 2.75) is 59.3 Å². The van der Waals surface area contributed by atoms with E-state index in [9.17, 15) is 0 Å². The third-order valence-corrected chi connectivity index (χ3v) is 9.16. The lowest BCUT2D eigenvalue weighted by atomic mass is 9.71. The number of aryl methyl sites for hydroxylation is 3. The summed E-state index contributed by atoms with van der Waals surface area (Å²) >= 11 is 0. The second-order valence-corrected chi connectivity index (χ2v) is 12.0. The molecule has 5 aromatic rings. The maximum Gasteiger partial charge on any atom is 0.228 e. The summed E-state index contributed by atoms with van der Waals surface area (Å²) in [6.45, 7) is 9.29. The zero-order valence-electron chi connectivity index (χ0n) is 22.0. The Morgan fingerprint density at radius 2 is 1.56 bits per heavy atom. The third-order valence-electron chi connectivity index (χ3n) is 9.16. The summed E-state index contributed by atoms with van der Waals surface area (Å²) in [4.78, 5) is 0. The minimum Gasteiger partial charge on any atom is -0.455 e. The number of pyridine rings is 1. The summed E-state index contributed by atoms with van der Waals surface area (Å²) in [5.41, 5.74) is 6.99. The number of benzene rings is 4. The lowest BCUT2D eigenvalue weighted by Crippen LogP contribution is -2.32. The van der Waals surface area contributed by atoms with Crippen molar-refractivity contribution in [2.24, 2.45) is 12.5 Å². The number of hydrogen-bond acceptors (Lipinski definition) is 1. The molecule has 1 aliphatic carbocycles. The van der Waals surface area contributed by atoms with Crippen molar-refractivity contribution >= 4 is 32.3 Å². The van der Waals surface area contributed by atoms with Crippen LogP contribution in [0, 0.1) is 19.3 Å². The van der Waals surface area contributed by atoms with Crippen LogP contribution in [0.5, 0.6) is 11.5 Å². The number of fused-ring (bicyclic) bond motifs is 5. The molecule has 0 radical (unpaired) electrons. The lowest BCUT2D eigenvalue weighted by Gasteiger charge is -2.34. The Balaban J connectivity index is 1.50. The van der Waals surface area contributed by atoms with Gasteiger partial charge >= 0.3 is 0 Å². The van der Waals surface area contributed by atoms with E-state index in [0.717, 1.165) is 11.5 Å². The van der Waals surface area contributed by atoms with Gasteiger partial charge in [0.05, 0.1) is 10.9 Å². The first kappa shape index (κ1) is 21.9. The minimum atomic E-state index is 0.487. The van der Waals surface area contributed by atoms with Gasteiger partial charge in [0, 0.05) is 17.0 Å². The Kier molecular flexibility index (Phi) is 4.59. The smallest absolute Gasteiger partial charge is 0.228 e. The van der Waals surface area contributed by atoms with Gasteiger partial charge in [-0.3, -0.25) is 0 Å². The molecule has 4 aromatic carbocycles. The van der Waals surface area contributed by atoms with E-state index in [2.05, 4.69) is 100 Å². The molecular formula is C34H34NO+. The summed E-state index contributed by atoms with van der Waals surface area (Å²) in [5.74, 6) is 2.64. The highest BCUT2D eigenvalue weighted by Crippen LogP contribution is 2.52. The monoisotopic (exact) mass is 472 g/mol. The van der Waals surface area contributed by atoms with E-state index in [1.807, 2.05) is 0 Å². The van der Waals surface area contributed by atoms with Crippen molar-refractivity contribution < 1.29 is 9.30 Å². The van der Waals surface area contributed by atoms with E-state index in [4.69, 9.17) is 4.74 Å². The van der Waals surface area contributed by atoms with Crippen molar-refractivity contribution in [1.29, 1.82) is 0 Å². The van der Waals surface area contributed by atoms with E-state index in [1.165, 1.54) is 85.9 Å². The molecule has 2 aliphatic rings. The van der Waals surface area contributed by atoms with Crippen LogP contribution in [0.4, 0.5) is 0 Å². The Bertz CT molecular complexity index is 1720. The topological polar surface area (TPSA) is 13.1 Å². The first-order valence-electron chi connectivity index (χ1n) is 13.4. The van der Waals surface area contributed by atoms with E-state index in [-0.39, 0.29) is 0 Å². The summed E-state index contributed by atoms with van der Waals surface area (Å²) in [6, 6.07) is 20.4. The van der Waals surface area contributed by atoms with Crippen molar-refractivity contribution in [3.8, 4) is 22.8 Å². The van der Waals surface area contributed by atoms with Gasteiger partial charge in [0.1, 0.15) is 18.5 Å². The molecule has 1 saturated carbocycles. The van der Waals surface area contributed by atoms with Gasteiger partial charge in [-0.15, -0.1) is 0 Å². The average molecular weight is 473 g/mol. The zero-order valence-corrected chi connectivity index (χ0v) is 22.0. The van der Waals surface area contributed by atoms with Crippen LogP contribution in [0.2, 0.25) is 0 Å². The van der Waals surface area contributed by atoms with Crippen LogP contribution < -0.4 is 9.30 Å². The van der Waals surface area contributed by atoms with Gasteiger partial charge < -0.3 is 4.74 Å². The van der Waals surface area contributed by atoms with E-state index in [0.29, 0.717) is 11.3 Å². The maximum atomic E-state index is 6.79. The zero-order chi connectivity index (χ0) is 24.8. The van der Waals surface area contributed by atoms with Crippen LogP contribution in [0.25, 0.3) is 43.6 Å². The molecule has 180 valence electrons. The molecule has 0 saturated heterocycles. The summed E-state index contributed by atoms with van der Waals surface area (Å²) in [5, 5.41) is 7.72. The molecule has 0 N–H and O–H groups in total. The fourth-order valence-corrected chi connectivity index (χ4v) is 6.91.